The molecule has 322 valence electrons. The molecule has 0 aromatic heterocycles. The fourth-order valence-electron chi connectivity index (χ4n) is 13.9. The van der Waals surface area contributed by atoms with Crippen LogP contribution in [0, 0.1) is 17.8 Å². The molecule has 5 aliphatic rings. The molecule has 4 unspecified atom stereocenters. The molecule has 5 aliphatic carbocycles. The van der Waals surface area contributed by atoms with Crippen LogP contribution in [0.15, 0.2) is 188 Å². The molecule has 4 atom stereocenters. The van der Waals surface area contributed by atoms with Crippen LogP contribution in [0.4, 0.5) is 17.1 Å². The first-order valence-electron chi connectivity index (χ1n) is 24.4. The molecular weight excluding hydrogens is 795 g/mol. The number of rotatable bonds is 5. The van der Waals surface area contributed by atoms with Gasteiger partial charge in [0.25, 0.3) is 0 Å². The predicted molar refractivity (Wildman–Crippen MR) is 277 cm³/mol. The maximum absolute atomic E-state index is 2.73. The summed E-state index contributed by atoms with van der Waals surface area (Å²) in [6, 6.07) is 67.4. The molecule has 0 saturated heterocycles. The third-order valence-electron chi connectivity index (χ3n) is 17.1. The van der Waals surface area contributed by atoms with Crippen LogP contribution >= 0.6 is 0 Å². The first kappa shape index (κ1) is 39.6. The molecule has 8 aromatic carbocycles. The molecular formula is C65H57N. The van der Waals surface area contributed by atoms with Crippen molar-refractivity contribution in [2.75, 3.05) is 4.90 Å². The highest BCUT2D eigenvalue weighted by Gasteiger charge is 2.52. The van der Waals surface area contributed by atoms with Crippen LogP contribution in [-0.2, 0) is 16.2 Å². The number of anilines is 3. The van der Waals surface area contributed by atoms with Gasteiger partial charge in [0.1, 0.15) is 0 Å². The minimum Gasteiger partial charge on any atom is -0.310 e. The van der Waals surface area contributed by atoms with Crippen molar-refractivity contribution in [2.24, 2.45) is 17.8 Å². The van der Waals surface area contributed by atoms with E-state index in [1.54, 1.807) is 5.57 Å². The van der Waals surface area contributed by atoms with E-state index < -0.39 is 0 Å². The van der Waals surface area contributed by atoms with Crippen LogP contribution in [0.2, 0.25) is 0 Å². The molecule has 1 heteroatoms. The SMILES string of the molecule is CC1=CC2(c3cc(-c4ccc(N(c5ccc6c(c5)C(C)(C)c5ccccc5-6)c5ccc6c(c5)C(C)(C)c5ccccc5-6)cc4)ccc3-c3c(-c4ccccc4)cccc32)C2CC(C)CC1C2. The molecule has 0 heterocycles. The normalized spacial score (nSPS) is 21.8. The standard InChI is InChI=1S/C65H57N/c1-40-33-45-35-46(34-40)65(39-41(45)2)58-22-14-19-50(43-15-8-7-9-16-43)62(58)55-30-25-44(36-61(55)65)42-23-26-47(27-24-42)66(48-28-31-53-51-17-10-12-20-56(51)63(3,4)59(53)37-48)49-29-32-54-52-18-11-13-21-57(52)64(5,6)60(54)38-49/h7-32,36-40,45-46H,33-35H2,1-6H3. The predicted octanol–water partition coefficient (Wildman–Crippen LogP) is 17.4. The summed E-state index contributed by atoms with van der Waals surface area (Å²) in [6.07, 6.45) is 6.58. The Labute approximate surface area is 391 Å². The summed E-state index contributed by atoms with van der Waals surface area (Å²) < 4.78 is 0. The largest absolute Gasteiger partial charge is 0.310 e. The molecule has 66 heavy (non-hydrogen) atoms. The number of fused-ring (bicyclic) bond motifs is 14. The highest BCUT2D eigenvalue weighted by Crippen LogP contribution is 2.63. The monoisotopic (exact) mass is 851 g/mol. The molecule has 1 nitrogen and oxygen atoms in total. The van der Waals surface area contributed by atoms with Crippen molar-refractivity contribution in [3.05, 3.63) is 221 Å². The average Bonchev–Trinajstić information content (AvgIpc) is 3.85. The quantitative estimate of drug-likeness (QED) is 0.156. The first-order valence-corrected chi connectivity index (χ1v) is 24.4. The van der Waals surface area contributed by atoms with Gasteiger partial charge in [-0.25, -0.2) is 0 Å². The number of benzene rings is 8. The Hall–Kier alpha value is -6.70. The van der Waals surface area contributed by atoms with E-state index in [-0.39, 0.29) is 16.2 Å². The molecule has 1 saturated carbocycles. The van der Waals surface area contributed by atoms with Crippen molar-refractivity contribution in [3.63, 3.8) is 0 Å². The summed E-state index contributed by atoms with van der Waals surface area (Å²) in [6.45, 7) is 14.5. The van der Waals surface area contributed by atoms with Crippen molar-refractivity contribution in [1.29, 1.82) is 0 Å². The van der Waals surface area contributed by atoms with Crippen LogP contribution in [0.5, 0.6) is 0 Å². The molecule has 0 N–H and O–H groups in total. The highest BCUT2D eigenvalue weighted by molar-refractivity contribution is 5.95. The summed E-state index contributed by atoms with van der Waals surface area (Å²) in [5.41, 5.74) is 26.7. The van der Waals surface area contributed by atoms with Crippen LogP contribution in [0.3, 0.4) is 0 Å². The van der Waals surface area contributed by atoms with E-state index in [1.165, 1.54) is 120 Å². The van der Waals surface area contributed by atoms with Crippen LogP contribution in [-0.4, -0.2) is 0 Å². The summed E-state index contributed by atoms with van der Waals surface area (Å²) in [5, 5.41) is 0. The third kappa shape index (κ3) is 5.53. The van der Waals surface area contributed by atoms with Gasteiger partial charge in [-0.3, -0.25) is 0 Å². The minimum absolute atomic E-state index is 0.103. The highest BCUT2D eigenvalue weighted by atomic mass is 15.1. The van der Waals surface area contributed by atoms with Crippen molar-refractivity contribution < 1.29 is 0 Å². The maximum Gasteiger partial charge on any atom is 0.0465 e. The zero-order chi connectivity index (χ0) is 44.7. The number of hydrogen-bond acceptors (Lipinski definition) is 1. The van der Waals surface area contributed by atoms with E-state index >= 15 is 0 Å². The second-order valence-corrected chi connectivity index (χ2v) is 21.5. The zero-order valence-electron chi connectivity index (χ0n) is 39.1. The summed E-state index contributed by atoms with van der Waals surface area (Å²) in [4.78, 5) is 2.50. The van der Waals surface area contributed by atoms with Gasteiger partial charge in [0.15, 0.2) is 0 Å². The van der Waals surface area contributed by atoms with Gasteiger partial charge in [0.05, 0.1) is 0 Å². The molecule has 1 spiro atoms. The van der Waals surface area contributed by atoms with Gasteiger partial charge in [-0.05, 0) is 175 Å². The maximum atomic E-state index is 2.73. The Morgan fingerprint density at radius 2 is 0.939 bits per heavy atom. The molecule has 0 amide bonds. The number of hydrogen-bond donors (Lipinski definition) is 0. The fourth-order valence-corrected chi connectivity index (χ4v) is 13.9. The topological polar surface area (TPSA) is 3.24 Å². The molecule has 13 rings (SSSR count). The van der Waals surface area contributed by atoms with Crippen molar-refractivity contribution in [1.82, 2.24) is 0 Å². The Morgan fingerprint density at radius 3 is 1.59 bits per heavy atom. The molecule has 8 aromatic rings. The van der Waals surface area contributed by atoms with E-state index in [1.807, 2.05) is 0 Å². The average molecular weight is 852 g/mol. The lowest BCUT2D eigenvalue weighted by atomic mass is 9.55. The minimum atomic E-state index is -0.139. The summed E-state index contributed by atoms with van der Waals surface area (Å²) >= 11 is 0. The smallest absolute Gasteiger partial charge is 0.0465 e. The molecule has 2 bridgehead atoms. The van der Waals surface area contributed by atoms with Gasteiger partial charge >= 0.3 is 0 Å². The van der Waals surface area contributed by atoms with Gasteiger partial charge in [0, 0.05) is 33.3 Å². The van der Waals surface area contributed by atoms with E-state index in [9.17, 15) is 0 Å². The molecule has 0 radical (unpaired) electrons. The zero-order valence-corrected chi connectivity index (χ0v) is 39.1. The second kappa shape index (κ2) is 14.2. The Morgan fingerprint density at radius 1 is 0.409 bits per heavy atom. The first-order chi connectivity index (χ1) is 32.0. The lowest BCUT2D eigenvalue weighted by Crippen LogP contribution is -2.42. The number of nitrogens with zero attached hydrogens (tertiary/aromatic N) is 1. The Balaban J connectivity index is 0.951. The Bertz CT molecular complexity index is 3220. The van der Waals surface area contributed by atoms with Crippen LogP contribution in [0.25, 0.3) is 55.6 Å². The molecule has 1 fully saturated rings. The van der Waals surface area contributed by atoms with Gasteiger partial charge in [0.2, 0.25) is 0 Å². The Kier molecular flexibility index (Phi) is 8.50. The molecule has 0 aliphatic heterocycles. The van der Waals surface area contributed by atoms with E-state index in [0.29, 0.717) is 11.8 Å². The lowest BCUT2D eigenvalue weighted by molar-refractivity contribution is 0.168. The van der Waals surface area contributed by atoms with Crippen LogP contribution < -0.4 is 4.90 Å². The van der Waals surface area contributed by atoms with Crippen molar-refractivity contribution in [2.45, 2.75) is 77.0 Å². The van der Waals surface area contributed by atoms with Gasteiger partial charge < -0.3 is 4.90 Å². The summed E-state index contributed by atoms with van der Waals surface area (Å²) in [5.74, 6) is 1.98. The van der Waals surface area contributed by atoms with E-state index in [4.69, 9.17) is 0 Å². The summed E-state index contributed by atoms with van der Waals surface area (Å²) in [7, 11) is 0. The second-order valence-electron chi connectivity index (χ2n) is 21.5. The third-order valence-corrected chi connectivity index (χ3v) is 17.1. The lowest BCUT2D eigenvalue weighted by Gasteiger charge is -2.49. The van der Waals surface area contributed by atoms with Gasteiger partial charge in [-0.2, -0.15) is 0 Å². The van der Waals surface area contributed by atoms with Crippen molar-refractivity contribution >= 4 is 17.1 Å². The number of allylic oxidation sites excluding steroid dienone is 2. The van der Waals surface area contributed by atoms with Gasteiger partial charge in [-0.15, -0.1) is 0 Å². The van der Waals surface area contributed by atoms with Gasteiger partial charge in [-0.1, -0.05) is 180 Å². The van der Waals surface area contributed by atoms with E-state index in [2.05, 4.69) is 228 Å². The van der Waals surface area contributed by atoms with Crippen LogP contribution in [0.1, 0.15) is 94.2 Å². The van der Waals surface area contributed by atoms with Crippen molar-refractivity contribution in [3.8, 4) is 55.6 Å². The van der Waals surface area contributed by atoms with E-state index in [0.717, 1.165) is 11.6 Å². The fraction of sp³-hybridized carbons (Fsp3) is 0.231.